The first-order valence-corrected chi connectivity index (χ1v) is 30.3. The Morgan fingerprint density at radius 2 is 0.424 bits per heavy atom. The van der Waals surface area contributed by atoms with Crippen LogP contribution in [-0.4, -0.2) is 343 Å². The second-order valence-electron chi connectivity index (χ2n) is 17.9. The Hall–Kier alpha value is -2.02. The summed E-state index contributed by atoms with van der Waals surface area (Å²) in [5, 5.41) is 5.38. The topological polar surface area (TPSA) is 280 Å². The summed E-state index contributed by atoms with van der Waals surface area (Å²) in [7, 11) is 3.20. The van der Waals surface area contributed by atoms with Crippen LogP contribution in [0.5, 0.6) is 0 Å². The quantitative estimate of drug-likeness (QED) is 0.0792. The van der Waals surface area contributed by atoms with Crippen LogP contribution in [0, 0.1) is 5.92 Å². The lowest BCUT2D eigenvalue weighted by atomic mass is 9.98. The lowest BCUT2D eigenvalue weighted by molar-refractivity contribution is -0.130. The molecule has 0 saturated carbocycles. The van der Waals surface area contributed by atoms with Crippen molar-refractivity contribution < 1.29 is 123 Å². The summed E-state index contributed by atoms with van der Waals surface area (Å²) in [5.41, 5.74) is 0. The van der Waals surface area contributed by atoms with Crippen LogP contribution in [0.1, 0.15) is 26.7 Å². The smallest absolute Gasteiger partial charge is 0.242 e. The van der Waals surface area contributed by atoms with E-state index in [1.54, 1.807) is 14.2 Å². The monoisotopic (exact) mass is 1240 g/mol. The van der Waals surface area contributed by atoms with Gasteiger partial charge in [-0.05, 0) is 5.92 Å². The molecular formula is C57H114N2O26. The molecule has 28 nitrogen and oxygen atoms in total. The number of carbonyl (C=O) groups excluding carboxylic acids is 2. The molecule has 85 heavy (non-hydrogen) atoms. The van der Waals surface area contributed by atoms with Crippen LogP contribution in [-0.2, 0) is 123 Å². The van der Waals surface area contributed by atoms with Crippen molar-refractivity contribution in [2.24, 2.45) is 5.92 Å². The second-order valence-corrected chi connectivity index (χ2v) is 17.9. The van der Waals surface area contributed by atoms with Gasteiger partial charge in [-0.25, -0.2) is 0 Å². The van der Waals surface area contributed by atoms with Gasteiger partial charge >= 0.3 is 0 Å². The first kappa shape index (κ1) is 83.0. The molecule has 0 heterocycles. The number of carbonyl (C=O) groups is 2. The average Bonchev–Trinajstić information content (AvgIpc) is 3.63. The number of ether oxygens (including phenoxy) is 24. The van der Waals surface area contributed by atoms with Crippen LogP contribution in [0.4, 0.5) is 0 Å². The third kappa shape index (κ3) is 69.3. The lowest BCUT2D eigenvalue weighted by Crippen LogP contribution is -2.49. The molecule has 0 aromatic carbocycles. The van der Waals surface area contributed by atoms with Crippen LogP contribution in [0.25, 0.3) is 0 Å². The Bertz CT molecular complexity index is 1300. The Morgan fingerprint density at radius 1 is 0.271 bits per heavy atom. The molecular weight excluding hydrogens is 1130 g/mol. The lowest BCUT2D eigenvalue weighted by Gasteiger charge is -2.22. The first-order valence-electron chi connectivity index (χ1n) is 30.3. The Labute approximate surface area is 507 Å². The maximum Gasteiger partial charge on any atom is 0.242 e. The molecule has 0 radical (unpaired) electrons. The Morgan fingerprint density at radius 3 is 0.565 bits per heavy atom. The molecule has 28 heteroatoms. The fraction of sp³-hybridized carbons (Fsp3) is 0.965. The van der Waals surface area contributed by atoms with Gasteiger partial charge in [0.1, 0.15) is 6.04 Å². The number of methoxy groups -OCH3 is 1. The van der Waals surface area contributed by atoms with Crippen molar-refractivity contribution in [3.8, 4) is 0 Å². The van der Waals surface area contributed by atoms with E-state index in [1.165, 1.54) is 0 Å². The van der Waals surface area contributed by atoms with E-state index in [-0.39, 0.29) is 30.8 Å². The molecule has 0 bridgehead atoms. The summed E-state index contributed by atoms with van der Waals surface area (Å²) < 4.78 is 131. The van der Waals surface area contributed by atoms with Crippen molar-refractivity contribution in [1.29, 1.82) is 0 Å². The summed E-state index contributed by atoms with van der Waals surface area (Å²) in [5.74, 6) is -0.377. The summed E-state index contributed by atoms with van der Waals surface area (Å²) in [4.78, 5) is 24.2. The zero-order valence-corrected chi connectivity index (χ0v) is 52.4. The van der Waals surface area contributed by atoms with Crippen LogP contribution in [0.3, 0.4) is 0 Å². The van der Waals surface area contributed by atoms with E-state index in [2.05, 4.69) is 10.6 Å². The molecule has 2 N–H and O–H groups in total. The van der Waals surface area contributed by atoms with Gasteiger partial charge in [0.15, 0.2) is 0 Å². The maximum absolute atomic E-state index is 12.2. The molecule has 0 aliphatic heterocycles. The minimum Gasteiger partial charge on any atom is -0.382 e. The van der Waals surface area contributed by atoms with E-state index in [1.807, 2.05) is 13.8 Å². The van der Waals surface area contributed by atoms with Gasteiger partial charge in [0, 0.05) is 20.6 Å². The number of amides is 2. The first-order chi connectivity index (χ1) is 42.1. The fourth-order valence-electron chi connectivity index (χ4n) is 6.35. The van der Waals surface area contributed by atoms with Crippen LogP contribution < -0.4 is 10.6 Å². The van der Waals surface area contributed by atoms with Crippen molar-refractivity contribution in [3.05, 3.63) is 0 Å². The SMILES string of the molecule is CC[C@H](C)[C@H](NC(=O)CCOCCOCCOCCOCCOCCOCCOCCOCCOCCOCCOCCOCCOCCOCCOCCOCCOCCOCCOCCOCCOCCOCCOCCOC)C(=O)NC. The highest BCUT2D eigenvalue weighted by Gasteiger charge is 2.24. The highest BCUT2D eigenvalue weighted by molar-refractivity contribution is 5.87. The van der Waals surface area contributed by atoms with E-state index in [4.69, 9.17) is 114 Å². The van der Waals surface area contributed by atoms with Gasteiger partial charge in [0.05, 0.1) is 311 Å². The third-order valence-corrected chi connectivity index (χ3v) is 11.1. The molecule has 0 spiro atoms. The predicted molar refractivity (Wildman–Crippen MR) is 311 cm³/mol. The molecule has 0 aliphatic rings. The maximum atomic E-state index is 12.2. The zero-order valence-electron chi connectivity index (χ0n) is 52.4. The number of rotatable bonds is 76. The molecule has 0 aromatic rings. The van der Waals surface area contributed by atoms with E-state index < -0.39 is 6.04 Å². The van der Waals surface area contributed by atoms with Gasteiger partial charge in [-0.15, -0.1) is 0 Å². The van der Waals surface area contributed by atoms with E-state index in [0.717, 1.165) is 6.42 Å². The Kier molecular flexibility index (Phi) is 72.7. The molecule has 0 rings (SSSR count). The van der Waals surface area contributed by atoms with Crippen LogP contribution in [0.2, 0.25) is 0 Å². The fourth-order valence-corrected chi connectivity index (χ4v) is 6.35. The molecule has 2 atom stereocenters. The van der Waals surface area contributed by atoms with E-state index >= 15 is 0 Å². The van der Waals surface area contributed by atoms with Crippen molar-refractivity contribution in [2.75, 3.05) is 325 Å². The summed E-state index contributed by atoms with van der Waals surface area (Å²) in [6, 6.07) is -0.548. The van der Waals surface area contributed by atoms with Gasteiger partial charge < -0.3 is 124 Å². The molecule has 0 unspecified atom stereocenters. The molecule has 0 saturated heterocycles. The largest absolute Gasteiger partial charge is 0.382 e. The minimum atomic E-state index is -0.548. The molecule has 508 valence electrons. The second kappa shape index (κ2) is 74.4. The van der Waals surface area contributed by atoms with Gasteiger partial charge in [-0.3, -0.25) is 9.59 Å². The summed E-state index contributed by atoms with van der Waals surface area (Å²) in [6.07, 6.45) is 0.956. The van der Waals surface area contributed by atoms with Crippen molar-refractivity contribution in [2.45, 2.75) is 32.7 Å². The molecule has 2 amide bonds. The van der Waals surface area contributed by atoms with Crippen LogP contribution in [0.15, 0.2) is 0 Å². The number of hydrogen-bond acceptors (Lipinski definition) is 26. The van der Waals surface area contributed by atoms with E-state index in [9.17, 15) is 9.59 Å². The number of nitrogens with one attached hydrogen (secondary N) is 2. The predicted octanol–water partition coefficient (Wildman–Crippen LogP) is 0.682. The van der Waals surface area contributed by atoms with Gasteiger partial charge in [0.2, 0.25) is 11.8 Å². The minimum absolute atomic E-state index is 0.0383. The number of hydrogen-bond donors (Lipinski definition) is 2. The zero-order chi connectivity index (χ0) is 61.3. The van der Waals surface area contributed by atoms with Gasteiger partial charge in [-0.1, -0.05) is 20.3 Å². The summed E-state index contributed by atoms with van der Waals surface area (Å²) >= 11 is 0. The van der Waals surface area contributed by atoms with Crippen molar-refractivity contribution in [1.82, 2.24) is 10.6 Å². The average molecular weight is 1240 g/mol. The Balaban J connectivity index is 3.14. The molecule has 0 fully saturated rings. The van der Waals surface area contributed by atoms with E-state index in [0.29, 0.717) is 304 Å². The summed E-state index contributed by atoms with van der Waals surface area (Å²) in [6.45, 7) is 26.4. The van der Waals surface area contributed by atoms with Gasteiger partial charge in [0.25, 0.3) is 0 Å². The van der Waals surface area contributed by atoms with Gasteiger partial charge in [-0.2, -0.15) is 0 Å². The molecule has 0 aliphatic carbocycles. The highest BCUT2D eigenvalue weighted by Crippen LogP contribution is 2.08. The third-order valence-electron chi connectivity index (χ3n) is 11.1. The highest BCUT2D eigenvalue weighted by atomic mass is 16.6. The number of likely N-dealkylation sites (N-methyl/N-ethyl adjacent to an activating group) is 1. The standard InChI is InChI=1S/C57H114N2O26/c1-5-54(2)56(57(61)58-3)59-55(60)6-7-63-10-11-65-14-15-67-18-19-69-22-23-71-26-27-73-30-31-75-34-35-77-38-39-79-42-43-81-46-47-83-50-51-85-53-52-84-49-48-82-45-44-80-41-40-78-37-36-76-33-32-74-29-28-72-25-24-70-21-20-68-17-16-66-13-12-64-9-8-62-4/h54,56H,5-53H2,1-4H3,(H,58,61)(H,59,60)/t54-,56-/m0/s1. The van der Waals surface area contributed by atoms with Crippen molar-refractivity contribution >= 4 is 11.8 Å². The normalized spacial score (nSPS) is 12.4. The van der Waals surface area contributed by atoms with Crippen molar-refractivity contribution in [3.63, 3.8) is 0 Å². The van der Waals surface area contributed by atoms with Crippen LogP contribution >= 0.6 is 0 Å². The molecule has 0 aromatic heterocycles.